The van der Waals surface area contributed by atoms with Gasteiger partial charge in [-0.15, -0.1) is 12.6 Å². The molecule has 0 saturated heterocycles. The summed E-state index contributed by atoms with van der Waals surface area (Å²) in [7, 11) is -3.76. The van der Waals surface area contributed by atoms with Gasteiger partial charge in [0, 0.05) is 0 Å². The van der Waals surface area contributed by atoms with Crippen LogP contribution in [0.1, 0.15) is 16.7 Å². The van der Waals surface area contributed by atoms with Gasteiger partial charge in [-0.25, -0.2) is 8.42 Å². The summed E-state index contributed by atoms with van der Waals surface area (Å²) in [5, 5.41) is 0. The van der Waals surface area contributed by atoms with Crippen molar-refractivity contribution in [2.45, 2.75) is 15.9 Å². The second-order valence-electron chi connectivity index (χ2n) is 5.69. The van der Waals surface area contributed by atoms with Gasteiger partial charge in [-0.2, -0.15) is 0 Å². The highest BCUT2D eigenvalue weighted by Crippen LogP contribution is 2.44. The Balaban J connectivity index is 2.28. The number of hydrogen-bond donors (Lipinski definition) is 1. The summed E-state index contributed by atoms with van der Waals surface area (Å²) in [5.41, 5.74) is 2.26. The molecule has 0 fully saturated rings. The predicted octanol–water partition coefficient (Wildman–Crippen LogP) is 4.60. The molecule has 4 heteroatoms. The SMILES string of the molecule is Cc1ccc(S(=O)(=O)C(S)(c2ccccc2)c2ccccc2)cc1. The van der Waals surface area contributed by atoms with E-state index in [1.807, 2.05) is 43.3 Å². The predicted molar refractivity (Wildman–Crippen MR) is 101 cm³/mol. The minimum atomic E-state index is -3.76. The Morgan fingerprint density at radius 2 is 1.12 bits per heavy atom. The Morgan fingerprint density at radius 3 is 1.54 bits per heavy atom. The average Bonchev–Trinajstić information content (AvgIpc) is 2.62. The third-order valence-electron chi connectivity index (χ3n) is 4.05. The Hall–Kier alpha value is -2.04. The molecule has 2 nitrogen and oxygen atoms in total. The van der Waals surface area contributed by atoms with E-state index in [4.69, 9.17) is 12.6 Å². The summed E-state index contributed by atoms with van der Waals surface area (Å²) in [6, 6.07) is 25.1. The van der Waals surface area contributed by atoms with Gasteiger partial charge in [-0.1, -0.05) is 78.4 Å². The first-order chi connectivity index (χ1) is 11.5. The molecule has 0 aliphatic heterocycles. The molecule has 0 saturated carbocycles. The lowest BCUT2D eigenvalue weighted by Gasteiger charge is -2.29. The van der Waals surface area contributed by atoms with Crippen molar-refractivity contribution in [3.8, 4) is 0 Å². The van der Waals surface area contributed by atoms with Crippen molar-refractivity contribution >= 4 is 22.5 Å². The van der Waals surface area contributed by atoms with Gasteiger partial charge in [-0.05, 0) is 30.2 Å². The maximum Gasteiger partial charge on any atom is 0.201 e. The van der Waals surface area contributed by atoms with Crippen LogP contribution >= 0.6 is 12.6 Å². The van der Waals surface area contributed by atoms with Crippen LogP contribution in [0, 0.1) is 6.92 Å². The van der Waals surface area contributed by atoms with Gasteiger partial charge in [0.1, 0.15) is 0 Å². The molecule has 122 valence electrons. The topological polar surface area (TPSA) is 34.1 Å². The van der Waals surface area contributed by atoms with Crippen LogP contribution in [-0.2, 0) is 13.9 Å². The van der Waals surface area contributed by atoms with Crippen molar-refractivity contribution in [2.24, 2.45) is 0 Å². The molecule has 0 radical (unpaired) electrons. The zero-order valence-corrected chi connectivity index (χ0v) is 15.0. The third kappa shape index (κ3) is 2.76. The molecule has 0 aliphatic rings. The zero-order valence-electron chi connectivity index (χ0n) is 13.3. The first-order valence-electron chi connectivity index (χ1n) is 7.61. The van der Waals surface area contributed by atoms with Gasteiger partial charge in [0.2, 0.25) is 9.84 Å². The molecule has 0 unspecified atom stereocenters. The Kier molecular flexibility index (Phi) is 4.52. The monoisotopic (exact) mass is 354 g/mol. The lowest BCUT2D eigenvalue weighted by molar-refractivity contribution is 0.585. The summed E-state index contributed by atoms with van der Waals surface area (Å²) in [6.07, 6.45) is 0. The van der Waals surface area contributed by atoms with E-state index in [1.165, 1.54) is 0 Å². The van der Waals surface area contributed by atoms with Crippen molar-refractivity contribution in [2.75, 3.05) is 0 Å². The second-order valence-corrected chi connectivity index (χ2v) is 8.76. The summed E-state index contributed by atoms with van der Waals surface area (Å²) in [5.74, 6) is 0. The highest BCUT2D eigenvalue weighted by molar-refractivity contribution is 8.05. The lowest BCUT2D eigenvalue weighted by atomic mass is 10.0. The van der Waals surface area contributed by atoms with Crippen LogP contribution < -0.4 is 0 Å². The van der Waals surface area contributed by atoms with Gasteiger partial charge in [0.15, 0.2) is 4.08 Å². The standard InChI is InChI=1S/C20H18O2S2/c1-16-12-14-19(15-13-16)24(21,22)20(23,17-8-4-2-5-9-17)18-10-6-3-7-11-18/h2-15,23H,1H3. The van der Waals surface area contributed by atoms with Crippen molar-refractivity contribution in [3.05, 3.63) is 102 Å². The van der Waals surface area contributed by atoms with E-state index >= 15 is 0 Å². The summed E-state index contributed by atoms with van der Waals surface area (Å²) >= 11 is 4.73. The summed E-state index contributed by atoms with van der Waals surface area (Å²) in [6.45, 7) is 1.93. The molecule has 0 atom stereocenters. The van der Waals surface area contributed by atoms with Crippen molar-refractivity contribution in [1.29, 1.82) is 0 Å². The number of hydrogen-bond acceptors (Lipinski definition) is 3. The fraction of sp³-hybridized carbons (Fsp3) is 0.100. The fourth-order valence-electron chi connectivity index (χ4n) is 2.69. The van der Waals surface area contributed by atoms with Gasteiger partial charge in [0.05, 0.1) is 4.90 Å². The van der Waals surface area contributed by atoms with Crippen LogP contribution in [0.5, 0.6) is 0 Å². The molecule has 0 spiro atoms. The molecule has 3 aromatic rings. The van der Waals surface area contributed by atoms with E-state index < -0.39 is 13.9 Å². The van der Waals surface area contributed by atoms with Crippen molar-refractivity contribution in [1.82, 2.24) is 0 Å². The van der Waals surface area contributed by atoms with E-state index in [0.29, 0.717) is 11.1 Å². The van der Waals surface area contributed by atoms with E-state index in [9.17, 15) is 8.42 Å². The summed E-state index contributed by atoms with van der Waals surface area (Å²) in [4.78, 5) is 0.260. The molecule has 24 heavy (non-hydrogen) atoms. The van der Waals surface area contributed by atoms with Crippen molar-refractivity contribution < 1.29 is 8.42 Å². The van der Waals surface area contributed by atoms with Gasteiger partial charge in [-0.3, -0.25) is 0 Å². The highest BCUT2D eigenvalue weighted by atomic mass is 32.2. The van der Waals surface area contributed by atoms with Crippen LogP contribution in [0.2, 0.25) is 0 Å². The van der Waals surface area contributed by atoms with Crippen LogP contribution in [0.25, 0.3) is 0 Å². The van der Waals surface area contributed by atoms with Crippen molar-refractivity contribution in [3.63, 3.8) is 0 Å². The zero-order chi connectivity index (χ0) is 17.2. The molecular weight excluding hydrogens is 336 g/mol. The molecule has 0 amide bonds. The molecule has 0 N–H and O–H groups in total. The van der Waals surface area contributed by atoms with Gasteiger partial charge < -0.3 is 0 Å². The van der Waals surface area contributed by atoms with E-state index in [-0.39, 0.29) is 4.90 Å². The lowest BCUT2D eigenvalue weighted by Crippen LogP contribution is -2.31. The Labute approximate surface area is 148 Å². The first kappa shape index (κ1) is 16.8. The second kappa shape index (κ2) is 6.46. The van der Waals surface area contributed by atoms with E-state index in [1.54, 1.807) is 48.5 Å². The van der Waals surface area contributed by atoms with Gasteiger partial charge in [0.25, 0.3) is 0 Å². The van der Waals surface area contributed by atoms with Crippen LogP contribution in [0.15, 0.2) is 89.8 Å². The Morgan fingerprint density at radius 1 is 0.708 bits per heavy atom. The first-order valence-corrected chi connectivity index (χ1v) is 9.54. The largest absolute Gasteiger partial charge is 0.222 e. The highest BCUT2D eigenvalue weighted by Gasteiger charge is 2.44. The van der Waals surface area contributed by atoms with E-state index in [0.717, 1.165) is 5.56 Å². The Bertz CT molecular complexity index is 877. The maximum atomic E-state index is 13.5. The molecular formula is C20H18O2S2. The third-order valence-corrected chi connectivity index (χ3v) is 7.43. The van der Waals surface area contributed by atoms with Gasteiger partial charge >= 0.3 is 0 Å². The van der Waals surface area contributed by atoms with Crippen LogP contribution in [0.3, 0.4) is 0 Å². The minimum absolute atomic E-state index is 0.260. The number of rotatable bonds is 4. The van der Waals surface area contributed by atoms with Crippen LogP contribution in [0.4, 0.5) is 0 Å². The normalized spacial score (nSPS) is 12.1. The smallest absolute Gasteiger partial charge is 0.201 e. The maximum absolute atomic E-state index is 13.5. The molecule has 3 aromatic carbocycles. The molecule has 0 heterocycles. The minimum Gasteiger partial charge on any atom is -0.222 e. The fourth-order valence-corrected chi connectivity index (χ4v) is 5.04. The molecule has 0 aliphatic carbocycles. The molecule has 0 aromatic heterocycles. The molecule has 0 bridgehead atoms. The van der Waals surface area contributed by atoms with E-state index in [2.05, 4.69) is 0 Å². The quantitative estimate of drug-likeness (QED) is 0.695. The molecule has 3 rings (SSSR count). The average molecular weight is 354 g/mol. The number of benzene rings is 3. The van der Waals surface area contributed by atoms with Crippen LogP contribution in [-0.4, -0.2) is 8.42 Å². The number of sulfone groups is 1. The number of aryl methyl sites for hydroxylation is 1. The summed E-state index contributed by atoms with van der Waals surface area (Å²) < 4.78 is 25.5. The number of thiol groups is 1.